The van der Waals surface area contributed by atoms with Crippen LogP contribution in [0.5, 0.6) is 0 Å². The van der Waals surface area contributed by atoms with Crippen LogP contribution in [0.4, 0.5) is 0 Å². The Labute approximate surface area is 149 Å². The van der Waals surface area contributed by atoms with Crippen molar-refractivity contribution in [3.8, 4) is 0 Å². The molecule has 0 amide bonds. The van der Waals surface area contributed by atoms with Crippen molar-refractivity contribution >= 4 is 21.6 Å². The van der Waals surface area contributed by atoms with E-state index in [0.717, 1.165) is 0 Å². The van der Waals surface area contributed by atoms with Crippen molar-refractivity contribution in [3.63, 3.8) is 0 Å². The molecule has 24 heavy (non-hydrogen) atoms. The number of hydrogen-bond donors (Lipinski definition) is 2. The van der Waals surface area contributed by atoms with Gasteiger partial charge in [0.15, 0.2) is 11.6 Å². The van der Waals surface area contributed by atoms with Gasteiger partial charge in [-0.15, -0.1) is 0 Å². The maximum atomic E-state index is 6.07. The Morgan fingerprint density at radius 1 is 0.792 bits per heavy atom. The van der Waals surface area contributed by atoms with E-state index in [9.17, 15) is 0 Å². The van der Waals surface area contributed by atoms with Crippen LogP contribution in [0.15, 0.2) is 9.05 Å². The van der Waals surface area contributed by atoms with Crippen molar-refractivity contribution in [2.75, 3.05) is 11.5 Å². The number of rotatable bonds is 9. The number of aromatic nitrogens is 4. The SMILES string of the molecule is CC(C)c1noc([C@@H](N)CSSC[C@H](N)c2nc(C(C)C)no2)n1. The smallest absolute Gasteiger partial charge is 0.244 e. The Bertz CT molecular complexity index is 576. The zero-order valence-corrected chi connectivity index (χ0v) is 15.9. The zero-order chi connectivity index (χ0) is 17.7. The standard InChI is InChI=1S/C14H24N6O2S2/c1-7(2)11-17-13(21-19-11)9(15)5-23-24-6-10(16)14-18-12(8(3)4)20-22-14/h7-10H,5-6,15-16H2,1-4H3/t9-,10-/m0/s1. The second-order valence-corrected chi connectivity index (χ2v) is 8.63. The quantitative estimate of drug-likeness (QED) is 0.500. The van der Waals surface area contributed by atoms with E-state index in [4.69, 9.17) is 20.5 Å². The van der Waals surface area contributed by atoms with Crippen LogP contribution in [-0.2, 0) is 0 Å². The molecule has 0 aliphatic rings. The molecular weight excluding hydrogens is 348 g/mol. The van der Waals surface area contributed by atoms with Gasteiger partial charge < -0.3 is 20.5 Å². The van der Waals surface area contributed by atoms with Crippen LogP contribution in [0.25, 0.3) is 0 Å². The summed E-state index contributed by atoms with van der Waals surface area (Å²) in [6.07, 6.45) is 0. The fraction of sp³-hybridized carbons (Fsp3) is 0.714. The van der Waals surface area contributed by atoms with Gasteiger partial charge in [0.25, 0.3) is 0 Å². The molecule has 2 aromatic heterocycles. The highest BCUT2D eigenvalue weighted by Gasteiger charge is 2.19. The summed E-state index contributed by atoms with van der Waals surface area (Å²) in [7, 11) is 3.21. The van der Waals surface area contributed by atoms with Crippen molar-refractivity contribution in [1.82, 2.24) is 20.3 Å². The van der Waals surface area contributed by atoms with Crippen molar-refractivity contribution in [2.45, 2.75) is 51.6 Å². The topological polar surface area (TPSA) is 130 Å². The lowest BCUT2D eigenvalue weighted by atomic mass is 10.2. The molecule has 0 radical (unpaired) electrons. The fourth-order valence-corrected chi connectivity index (χ4v) is 3.88. The second kappa shape index (κ2) is 8.84. The molecule has 134 valence electrons. The van der Waals surface area contributed by atoms with Crippen LogP contribution in [0.1, 0.15) is 75.0 Å². The van der Waals surface area contributed by atoms with Gasteiger partial charge in [0.2, 0.25) is 11.8 Å². The lowest BCUT2D eigenvalue weighted by Crippen LogP contribution is -2.15. The number of nitrogens with zero attached hydrogens (tertiary/aromatic N) is 4. The predicted molar refractivity (Wildman–Crippen MR) is 95.5 cm³/mol. The Balaban J connectivity index is 1.73. The highest BCUT2D eigenvalue weighted by molar-refractivity contribution is 8.76. The third-order valence-corrected chi connectivity index (χ3v) is 5.63. The minimum Gasteiger partial charge on any atom is -0.338 e. The Hall–Kier alpha value is -1.10. The molecule has 2 atom stereocenters. The zero-order valence-electron chi connectivity index (χ0n) is 14.3. The first-order valence-corrected chi connectivity index (χ1v) is 10.3. The van der Waals surface area contributed by atoms with E-state index in [0.29, 0.717) is 34.9 Å². The van der Waals surface area contributed by atoms with E-state index in [1.54, 1.807) is 21.6 Å². The largest absolute Gasteiger partial charge is 0.338 e. The average molecular weight is 373 g/mol. The fourth-order valence-electron chi connectivity index (χ4n) is 1.65. The highest BCUT2D eigenvalue weighted by atomic mass is 33.1. The van der Waals surface area contributed by atoms with Crippen molar-refractivity contribution in [1.29, 1.82) is 0 Å². The van der Waals surface area contributed by atoms with E-state index < -0.39 is 0 Å². The summed E-state index contributed by atoms with van der Waals surface area (Å²) in [5, 5.41) is 7.84. The molecule has 2 heterocycles. The molecule has 0 aliphatic carbocycles. The van der Waals surface area contributed by atoms with E-state index >= 15 is 0 Å². The number of hydrogen-bond acceptors (Lipinski definition) is 10. The first-order valence-electron chi connectivity index (χ1n) is 7.81. The maximum absolute atomic E-state index is 6.07. The van der Waals surface area contributed by atoms with Crippen LogP contribution >= 0.6 is 21.6 Å². The first kappa shape index (κ1) is 19.2. The Morgan fingerprint density at radius 3 is 1.46 bits per heavy atom. The van der Waals surface area contributed by atoms with E-state index in [1.165, 1.54) is 0 Å². The molecule has 0 saturated heterocycles. The molecule has 0 saturated carbocycles. The van der Waals surface area contributed by atoms with Gasteiger partial charge in [-0.05, 0) is 0 Å². The summed E-state index contributed by atoms with van der Waals surface area (Å²) in [6, 6.07) is -0.593. The minimum atomic E-state index is -0.297. The van der Waals surface area contributed by atoms with E-state index in [-0.39, 0.29) is 23.9 Å². The molecule has 10 heteroatoms. The second-order valence-electron chi connectivity index (χ2n) is 6.07. The average Bonchev–Trinajstić information content (AvgIpc) is 3.19. The van der Waals surface area contributed by atoms with Gasteiger partial charge in [0, 0.05) is 23.3 Å². The molecule has 8 nitrogen and oxygen atoms in total. The molecule has 2 aromatic rings. The third-order valence-electron chi connectivity index (χ3n) is 3.16. The monoisotopic (exact) mass is 372 g/mol. The summed E-state index contributed by atoms with van der Waals surface area (Å²) in [6.45, 7) is 8.03. The summed E-state index contributed by atoms with van der Waals surface area (Å²) in [5.41, 5.74) is 12.1. The van der Waals surface area contributed by atoms with Gasteiger partial charge in [0.1, 0.15) is 0 Å². The van der Waals surface area contributed by atoms with Gasteiger partial charge >= 0.3 is 0 Å². The van der Waals surface area contributed by atoms with Crippen LogP contribution in [-0.4, -0.2) is 31.8 Å². The van der Waals surface area contributed by atoms with Crippen LogP contribution in [0.3, 0.4) is 0 Å². The predicted octanol–water partition coefficient (Wildman–Crippen LogP) is 2.78. The summed E-state index contributed by atoms with van der Waals surface area (Å²) >= 11 is 0. The molecule has 0 bridgehead atoms. The van der Waals surface area contributed by atoms with Crippen molar-refractivity contribution in [3.05, 3.63) is 23.4 Å². The molecule has 0 aromatic carbocycles. The Kier molecular flexibility index (Phi) is 7.08. The van der Waals surface area contributed by atoms with Gasteiger partial charge in [-0.2, -0.15) is 9.97 Å². The van der Waals surface area contributed by atoms with Gasteiger partial charge in [0.05, 0.1) is 12.1 Å². The lowest BCUT2D eigenvalue weighted by molar-refractivity contribution is 0.357. The normalized spacial score (nSPS) is 14.5. The van der Waals surface area contributed by atoms with Gasteiger partial charge in [-0.25, -0.2) is 0 Å². The molecule has 4 N–H and O–H groups in total. The molecule has 0 fully saturated rings. The third kappa shape index (κ3) is 5.20. The van der Waals surface area contributed by atoms with Crippen LogP contribution in [0, 0.1) is 0 Å². The lowest BCUT2D eigenvalue weighted by Gasteiger charge is -2.08. The summed E-state index contributed by atoms with van der Waals surface area (Å²) in [5.74, 6) is 4.04. The first-order chi connectivity index (χ1) is 11.4. The van der Waals surface area contributed by atoms with Gasteiger partial charge in [-0.3, -0.25) is 0 Å². The molecule has 2 rings (SSSR count). The van der Waals surface area contributed by atoms with Crippen molar-refractivity contribution in [2.24, 2.45) is 11.5 Å². The van der Waals surface area contributed by atoms with Crippen LogP contribution < -0.4 is 11.5 Å². The Morgan fingerprint density at radius 2 is 1.17 bits per heavy atom. The van der Waals surface area contributed by atoms with Crippen LogP contribution in [0.2, 0.25) is 0 Å². The van der Waals surface area contributed by atoms with E-state index in [1.807, 2.05) is 27.7 Å². The molecule has 0 spiro atoms. The van der Waals surface area contributed by atoms with Crippen molar-refractivity contribution < 1.29 is 9.05 Å². The molecule has 0 unspecified atom stereocenters. The highest BCUT2D eigenvalue weighted by Crippen LogP contribution is 2.29. The summed E-state index contributed by atoms with van der Waals surface area (Å²) in [4.78, 5) is 8.61. The number of nitrogens with two attached hydrogens (primary N) is 2. The molecule has 0 aliphatic heterocycles. The van der Waals surface area contributed by atoms with E-state index in [2.05, 4.69) is 20.3 Å². The maximum Gasteiger partial charge on any atom is 0.244 e. The molecular formula is C14H24N6O2S2. The summed E-state index contributed by atoms with van der Waals surface area (Å²) < 4.78 is 10.4. The van der Waals surface area contributed by atoms with Gasteiger partial charge in [-0.1, -0.05) is 59.6 Å². The minimum absolute atomic E-state index is 0.222.